The predicted octanol–water partition coefficient (Wildman–Crippen LogP) is 1.92. The van der Waals surface area contributed by atoms with Crippen molar-refractivity contribution in [2.24, 2.45) is 5.92 Å². The van der Waals surface area contributed by atoms with Crippen molar-refractivity contribution in [1.29, 1.82) is 0 Å². The molecular formula is C19H22N8O. The first kappa shape index (κ1) is 18.0. The summed E-state index contributed by atoms with van der Waals surface area (Å²) in [5, 5.41) is 15.9. The molecule has 0 atom stereocenters. The quantitative estimate of drug-likeness (QED) is 0.740. The van der Waals surface area contributed by atoms with Crippen LogP contribution in [0.1, 0.15) is 24.2 Å². The van der Waals surface area contributed by atoms with Gasteiger partial charge < -0.3 is 4.90 Å². The first-order valence-electron chi connectivity index (χ1n) is 9.30. The molecule has 4 rings (SSSR count). The summed E-state index contributed by atoms with van der Waals surface area (Å²) in [4.78, 5) is 22.6. The number of carbonyl (C=O) groups is 1. The van der Waals surface area contributed by atoms with Gasteiger partial charge in [0.1, 0.15) is 0 Å². The molecule has 4 heterocycles. The van der Waals surface area contributed by atoms with E-state index in [0.717, 1.165) is 43.1 Å². The monoisotopic (exact) mass is 378 g/mol. The average Bonchev–Trinajstić information content (AvgIpc) is 3.07. The first-order valence-corrected chi connectivity index (χ1v) is 9.30. The zero-order chi connectivity index (χ0) is 19.5. The van der Waals surface area contributed by atoms with Crippen molar-refractivity contribution in [3.63, 3.8) is 0 Å². The van der Waals surface area contributed by atoms with Crippen LogP contribution in [0.15, 0.2) is 36.7 Å². The lowest BCUT2D eigenvalue weighted by Crippen LogP contribution is -2.38. The zero-order valence-corrected chi connectivity index (χ0v) is 15.9. The van der Waals surface area contributed by atoms with Crippen LogP contribution in [0.2, 0.25) is 0 Å². The number of hydrogen-bond donors (Lipinski definition) is 1. The van der Waals surface area contributed by atoms with E-state index in [1.807, 2.05) is 32.0 Å². The van der Waals surface area contributed by atoms with Gasteiger partial charge in [0.05, 0.1) is 5.69 Å². The fourth-order valence-electron chi connectivity index (χ4n) is 3.41. The minimum absolute atomic E-state index is 0.0307. The summed E-state index contributed by atoms with van der Waals surface area (Å²) >= 11 is 0. The van der Waals surface area contributed by atoms with Crippen LogP contribution in [-0.2, 0) is 4.79 Å². The molecule has 0 aliphatic carbocycles. The molecule has 28 heavy (non-hydrogen) atoms. The summed E-state index contributed by atoms with van der Waals surface area (Å²) in [5.41, 5.74) is 1.97. The van der Waals surface area contributed by atoms with Crippen molar-refractivity contribution in [3.8, 4) is 5.82 Å². The van der Waals surface area contributed by atoms with E-state index in [2.05, 4.69) is 35.5 Å². The Balaban J connectivity index is 1.36. The Morgan fingerprint density at radius 1 is 1.07 bits per heavy atom. The molecule has 0 saturated carbocycles. The average molecular weight is 378 g/mol. The molecule has 0 bridgehead atoms. The topological polar surface area (TPSA) is 102 Å². The molecule has 1 fully saturated rings. The Labute approximate surface area is 162 Å². The first-order chi connectivity index (χ1) is 13.6. The largest absolute Gasteiger partial charge is 0.355 e. The molecule has 9 heteroatoms. The van der Waals surface area contributed by atoms with Crippen LogP contribution < -0.4 is 10.2 Å². The van der Waals surface area contributed by atoms with Crippen molar-refractivity contribution in [2.45, 2.75) is 26.7 Å². The normalized spacial score (nSPS) is 14.9. The van der Waals surface area contributed by atoms with E-state index in [4.69, 9.17) is 0 Å². The summed E-state index contributed by atoms with van der Waals surface area (Å²) in [7, 11) is 0. The lowest BCUT2D eigenvalue weighted by Gasteiger charge is -2.31. The highest BCUT2D eigenvalue weighted by Gasteiger charge is 2.26. The van der Waals surface area contributed by atoms with Gasteiger partial charge in [-0.2, -0.15) is 5.10 Å². The predicted molar refractivity (Wildman–Crippen MR) is 104 cm³/mol. The number of carbonyl (C=O) groups excluding carboxylic acids is 1. The molecule has 144 valence electrons. The molecule has 1 amide bonds. The van der Waals surface area contributed by atoms with Crippen molar-refractivity contribution < 1.29 is 4.79 Å². The highest BCUT2D eigenvalue weighted by atomic mass is 16.2. The maximum atomic E-state index is 12.4. The van der Waals surface area contributed by atoms with E-state index in [9.17, 15) is 4.79 Å². The number of anilines is 2. The van der Waals surface area contributed by atoms with Crippen LogP contribution in [0.25, 0.3) is 5.82 Å². The van der Waals surface area contributed by atoms with Gasteiger partial charge in [-0.25, -0.2) is 14.6 Å². The Kier molecular flexibility index (Phi) is 4.96. The summed E-state index contributed by atoms with van der Waals surface area (Å²) < 4.78 is 1.79. The van der Waals surface area contributed by atoms with Crippen LogP contribution in [-0.4, -0.2) is 48.9 Å². The van der Waals surface area contributed by atoms with Gasteiger partial charge in [0.15, 0.2) is 11.6 Å². The van der Waals surface area contributed by atoms with Crippen molar-refractivity contribution in [1.82, 2.24) is 29.9 Å². The Hall–Kier alpha value is -3.36. The van der Waals surface area contributed by atoms with E-state index in [1.165, 1.54) is 0 Å². The number of nitrogens with zero attached hydrogens (tertiary/aromatic N) is 7. The lowest BCUT2D eigenvalue weighted by molar-refractivity contribution is -0.120. The van der Waals surface area contributed by atoms with Gasteiger partial charge >= 0.3 is 0 Å². The number of aryl methyl sites for hydroxylation is 2. The van der Waals surface area contributed by atoms with Gasteiger partial charge in [-0.05, 0) is 51.0 Å². The number of aromatic nitrogens is 6. The number of nitrogens with one attached hydrogen (secondary N) is 1. The highest BCUT2D eigenvalue weighted by Crippen LogP contribution is 2.23. The fraction of sp³-hybridized carbons (Fsp3) is 0.368. The molecule has 0 aromatic carbocycles. The Bertz CT molecular complexity index is 946. The molecule has 1 N–H and O–H groups in total. The van der Waals surface area contributed by atoms with Gasteiger partial charge in [0.25, 0.3) is 0 Å². The van der Waals surface area contributed by atoms with Crippen molar-refractivity contribution in [3.05, 3.63) is 48.0 Å². The van der Waals surface area contributed by atoms with Crippen LogP contribution >= 0.6 is 0 Å². The Morgan fingerprint density at radius 3 is 2.36 bits per heavy atom. The number of piperidine rings is 1. The van der Waals surface area contributed by atoms with E-state index in [0.29, 0.717) is 11.8 Å². The fourth-order valence-corrected chi connectivity index (χ4v) is 3.41. The standard InChI is InChI=1S/C19H22N8O/c1-13-12-14(2)27(25-13)17-5-4-16(23-24-17)26-10-6-15(7-11-26)18(28)22-19-20-8-3-9-21-19/h3-5,8-9,12,15H,6-7,10-11H2,1-2H3,(H,20,21,22,28). The van der Waals surface area contributed by atoms with Gasteiger partial charge in [-0.3, -0.25) is 10.1 Å². The number of hydrogen-bond acceptors (Lipinski definition) is 7. The molecule has 3 aromatic heterocycles. The smallest absolute Gasteiger partial charge is 0.229 e. The molecule has 1 aliphatic heterocycles. The molecule has 0 spiro atoms. The summed E-state index contributed by atoms with van der Waals surface area (Å²) in [6.45, 7) is 5.45. The van der Waals surface area contributed by atoms with E-state index in [1.54, 1.807) is 23.1 Å². The highest BCUT2D eigenvalue weighted by molar-refractivity contribution is 5.91. The SMILES string of the molecule is Cc1cc(C)n(-c2ccc(N3CCC(C(=O)Nc4ncccn4)CC3)nn2)n1. The minimum atomic E-state index is -0.0537. The third-order valence-corrected chi connectivity index (χ3v) is 4.85. The van der Waals surface area contributed by atoms with Crippen LogP contribution in [0.3, 0.4) is 0 Å². The van der Waals surface area contributed by atoms with Crippen LogP contribution in [0, 0.1) is 19.8 Å². The van der Waals surface area contributed by atoms with Gasteiger partial charge in [0.2, 0.25) is 11.9 Å². The molecule has 9 nitrogen and oxygen atoms in total. The second-order valence-corrected chi connectivity index (χ2v) is 6.91. The van der Waals surface area contributed by atoms with Gasteiger partial charge in [-0.15, -0.1) is 10.2 Å². The summed E-state index contributed by atoms with van der Waals surface area (Å²) in [6, 6.07) is 7.60. The molecule has 3 aromatic rings. The number of rotatable bonds is 4. The number of amides is 1. The Morgan fingerprint density at radius 2 is 1.75 bits per heavy atom. The van der Waals surface area contributed by atoms with Gasteiger partial charge in [-0.1, -0.05) is 0 Å². The van der Waals surface area contributed by atoms with E-state index in [-0.39, 0.29) is 11.8 Å². The second-order valence-electron chi connectivity index (χ2n) is 6.91. The van der Waals surface area contributed by atoms with E-state index >= 15 is 0 Å². The summed E-state index contributed by atoms with van der Waals surface area (Å²) in [5.74, 6) is 1.78. The maximum absolute atomic E-state index is 12.4. The lowest BCUT2D eigenvalue weighted by atomic mass is 9.96. The van der Waals surface area contributed by atoms with Crippen LogP contribution in [0.5, 0.6) is 0 Å². The third kappa shape index (κ3) is 3.83. The molecular weight excluding hydrogens is 356 g/mol. The van der Waals surface area contributed by atoms with Crippen LogP contribution in [0.4, 0.5) is 11.8 Å². The second kappa shape index (κ2) is 7.71. The third-order valence-electron chi connectivity index (χ3n) is 4.85. The van der Waals surface area contributed by atoms with Crippen molar-refractivity contribution in [2.75, 3.05) is 23.3 Å². The van der Waals surface area contributed by atoms with Crippen molar-refractivity contribution >= 4 is 17.7 Å². The molecule has 1 saturated heterocycles. The molecule has 0 unspecified atom stereocenters. The zero-order valence-electron chi connectivity index (χ0n) is 15.9. The van der Waals surface area contributed by atoms with E-state index < -0.39 is 0 Å². The molecule has 0 radical (unpaired) electrons. The summed E-state index contributed by atoms with van der Waals surface area (Å²) in [6.07, 6.45) is 4.72. The molecule has 1 aliphatic rings. The van der Waals surface area contributed by atoms with Gasteiger partial charge in [0, 0.05) is 37.1 Å². The minimum Gasteiger partial charge on any atom is -0.355 e. The maximum Gasteiger partial charge on any atom is 0.229 e.